The number of aryl methyl sites for hydroxylation is 2. The van der Waals surface area contributed by atoms with Crippen molar-refractivity contribution in [3.8, 4) is 0 Å². The Morgan fingerprint density at radius 1 is 0.966 bits per heavy atom. The van der Waals surface area contributed by atoms with Crippen LogP contribution in [0.4, 0.5) is 11.4 Å². The minimum Gasteiger partial charge on any atom is -0.481 e. The van der Waals surface area contributed by atoms with E-state index in [0.29, 0.717) is 12.1 Å². The number of carboxylic acid groups (broad SMARTS) is 1. The molecule has 0 heterocycles. The zero-order valence-electron chi connectivity index (χ0n) is 16.8. The standard InChI is InChI=1S/C22H26N2O4S/c1-4-19(22(28)24-17-9-8-14(2)15(3)12-17)29-18-7-5-6-16(13-18)23-20(25)10-11-21(26)27/h5-9,12-13,19H,4,10-11H2,1-3H3,(H,23,25)(H,24,28)(H,26,27). The summed E-state index contributed by atoms with van der Waals surface area (Å²) in [5, 5.41) is 14.0. The lowest BCUT2D eigenvalue weighted by atomic mass is 10.1. The van der Waals surface area contributed by atoms with Crippen molar-refractivity contribution in [2.24, 2.45) is 0 Å². The highest BCUT2D eigenvalue weighted by Crippen LogP contribution is 2.29. The van der Waals surface area contributed by atoms with Crippen molar-refractivity contribution in [1.82, 2.24) is 0 Å². The fourth-order valence-corrected chi connectivity index (χ4v) is 3.63. The number of rotatable bonds is 9. The van der Waals surface area contributed by atoms with E-state index >= 15 is 0 Å². The molecule has 2 rings (SSSR count). The molecule has 29 heavy (non-hydrogen) atoms. The molecule has 0 spiro atoms. The monoisotopic (exact) mass is 414 g/mol. The fourth-order valence-electron chi connectivity index (χ4n) is 2.62. The van der Waals surface area contributed by atoms with Crippen LogP contribution in [0.1, 0.15) is 37.3 Å². The lowest BCUT2D eigenvalue weighted by Gasteiger charge is -2.16. The Balaban J connectivity index is 2.00. The van der Waals surface area contributed by atoms with Gasteiger partial charge in [0, 0.05) is 22.7 Å². The van der Waals surface area contributed by atoms with Gasteiger partial charge in [-0.1, -0.05) is 19.1 Å². The van der Waals surface area contributed by atoms with Gasteiger partial charge in [0.15, 0.2) is 0 Å². The first-order valence-electron chi connectivity index (χ1n) is 9.45. The number of anilines is 2. The van der Waals surface area contributed by atoms with Gasteiger partial charge in [0.25, 0.3) is 0 Å². The SMILES string of the molecule is CCC(Sc1cccc(NC(=O)CCC(=O)O)c1)C(=O)Nc1ccc(C)c(C)c1. The molecule has 0 bridgehead atoms. The average molecular weight is 415 g/mol. The van der Waals surface area contributed by atoms with Crippen molar-refractivity contribution in [1.29, 1.82) is 0 Å². The van der Waals surface area contributed by atoms with Crippen molar-refractivity contribution >= 4 is 40.9 Å². The number of thioether (sulfide) groups is 1. The van der Waals surface area contributed by atoms with Crippen LogP contribution in [0.3, 0.4) is 0 Å². The maximum absolute atomic E-state index is 12.7. The lowest BCUT2D eigenvalue weighted by Crippen LogP contribution is -2.24. The van der Waals surface area contributed by atoms with E-state index in [1.807, 2.05) is 45.0 Å². The van der Waals surface area contributed by atoms with Crippen LogP contribution in [0, 0.1) is 13.8 Å². The highest BCUT2D eigenvalue weighted by atomic mass is 32.2. The summed E-state index contributed by atoms with van der Waals surface area (Å²) in [4.78, 5) is 35.9. The minimum absolute atomic E-state index is 0.0725. The number of aliphatic carboxylic acids is 1. The van der Waals surface area contributed by atoms with Crippen LogP contribution in [-0.4, -0.2) is 28.1 Å². The predicted molar refractivity (Wildman–Crippen MR) is 116 cm³/mol. The van der Waals surface area contributed by atoms with E-state index in [2.05, 4.69) is 10.6 Å². The smallest absolute Gasteiger partial charge is 0.303 e. The molecule has 3 N–H and O–H groups in total. The van der Waals surface area contributed by atoms with Crippen molar-refractivity contribution < 1.29 is 19.5 Å². The lowest BCUT2D eigenvalue weighted by molar-refractivity contribution is -0.138. The molecule has 2 aromatic carbocycles. The quantitative estimate of drug-likeness (QED) is 0.521. The van der Waals surface area contributed by atoms with E-state index in [9.17, 15) is 14.4 Å². The third-order valence-electron chi connectivity index (χ3n) is 4.40. The molecule has 0 aromatic heterocycles. The van der Waals surface area contributed by atoms with E-state index < -0.39 is 5.97 Å². The van der Waals surface area contributed by atoms with E-state index in [-0.39, 0.29) is 29.9 Å². The van der Waals surface area contributed by atoms with Gasteiger partial charge in [-0.25, -0.2) is 0 Å². The second-order valence-corrected chi connectivity index (χ2v) is 8.05. The van der Waals surface area contributed by atoms with Gasteiger partial charge >= 0.3 is 5.97 Å². The molecule has 0 saturated heterocycles. The van der Waals surface area contributed by atoms with Crippen LogP contribution in [0.15, 0.2) is 47.4 Å². The number of amides is 2. The number of benzene rings is 2. The summed E-state index contributed by atoms with van der Waals surface area (Å²) in [5.74, 6) is -1.43. The molecule has 6 nitrogen and oxygen atoms in total. The summed E-state index contributed by atoms with van der Waals surface area (Å²) >= 11 is 1.43. The summed E-state index contributed by atoms with van der Waals surface area (Å²) < 4.78 is 0. The van der Waals surface area contributed by atoms with Crippen molar-refractivity contribution in [3.63, 3.8) is 0 Å². The molecule has 0 fully saturated rings. The van der Waals surface area contributed by atoms with Crippen LogP contribution in [0.5, 0.6) is 0 Å². The Labute approximate surface area is 175 Å². The molecule has 0 aliphatic heterocycles. The summed E-state index contributed by atoms with van der Waals surface area (Å²) in [6.45, 7) is 5.99. The topological polar surface area (TPSA) is 95.5 Å². The first kappa shape index (κ1) is 22.5. The summed E-state index contributed by atoms with van der Waals surface area (Å²) in [6, 6.07) is 13.0. The zero-order chi connectivity index (χ0) is 21.4. The van der Waals surface area contributed by atoms with Crippen LogP contribution >= 0.6 is 11.8 Å². The average Bonchev–Trinajstić information content (AvgIpc) is 2.67. The first-order chi connectivity index (χ1) is 13.8. The largest absolute Gasteiger partial charge is 0.481 e. The molecule has 2 aromatic rings. The number of hydrogen-bond donors (Lipinski definition) is 3. The Morgan fingerprint density at radius 3 is 2.34 bits per heavy atom. The molecule has 0 aliphatic rings. The molecular formula is C22H26N2O4S. The van der Waals surface area contributed by atoms with Crippen LogP contribution in [-0.2, 0) is 14.4 Å². The molecule has 1 atom stereocenters. The summed E-state index contributed by atoms with van der Waals surface area (Å²) in [7, 11) is 0. The third-order valence-corrected chi connectivity index (χ3v) is 5.76. The van der Waals surface area contributed by atoms with Gasteiger partial charge in [0.2, 0.25) is 11.8 Å². The van der Waals surface area contributed by atoms with Gasteiger partial charge in [-0.15, -0.1) is 11.8 Å². The Kier molecular flexibility index (Phi) is 8.27. The van der Waals surface area contributed by atoms with Gasteiger partial charge in [0.05, 0.1) is 11.7 Å². The Bertz CT molecular complexity index is 898. The second kappa shape index (κ2) is 10.7. The maximum atomic E-state index is 12.7. The highest BCUT2D eigenvalue weighted by molar-refractivity contribution is 8.00. The number of carboxylic acids is 1. The Hall–Kier alpha value is -2.80. The van der Waals surface area contributed by atoms with Crippen molar-refractivity contribution in [2.75, 3.05) is 10.6 Å². The number of carbonyl (C=O) groups is 3. The fraction of sp³-hybridized carbons (Fsp3) is 0.318. The van der Waals surface area contributed by atoms with E-state index in [1.54, 1.807) is 18.2 Å². The highest BCUT2D eigenvalue weighted by Gasteiger charge is 2.18. The normalized spacial score (nSPS) is 11.6. The first-order valence-corrected chi connectivity index (χ1v) is 10.3. The van der Waals surface area contributed by atoms with E-state index in [0.717, 1.165) is 16.1 Å². The van der Waals surface area contributed by atoms with Gasteiger partial charge in [-0.2, -0.15) is 0 Å². The van der Waals surface area contributed by atoms with Crippen LogP contribution < -0.4 is 10.6 Å². The summed E-state index contributed by atoms with van der Waals surface area (Å²) in [5.41, 5.74) is 3.65. The number of nitrogens with one attached hydrogen (secondary N) is 2. The van der Waals surface area contributed by atoms with Gasteiger partial charge in [0.1, 0.15) is 0 Å². The van der Waals surface area contributed by atoms with Gasteiger partial charge in [-0.05, 0) is 61.7 Å². The molecule has 0 radical (unpaired) electrons. The second-order valence-electron chi connectivity index (χ2n) is 6.77. The number of carbonyl (C=O) groups excluding carboxylic acids is 2. The molecule has 7 heteroatoms. The Morgan fingerprint density at radius 2 is 1.69 bits per heavy atom. The van der Waals surface area contributed by atoms with Crippen LogP contribution in [0.2, 0.25) is 0 Å². The molecular weight excluding hydrogens is 388 g/mol. The molecule has 0 aliphatic carbocycles. The van der Waals surface area contributed by atoms with Gasteiger partial charge < -0.3 is 15.7 Å². The van der Waals surface area contributed by atoms with E-state index in [1.165, 1.54) is 17.3 Å². The van der Waals surface area contributed by atoms with Crippen molar-refractivity contribution in [2.45, 2.75) is 50.2 Å². The summed E-state index contributed by atoms with van der Waals surface area (Å²) in [6.07, 6.45) is 0.357. The molecule has 1 unspecified atom stereocenters. The molecule has 2 amide bonds. The predicted octanol–water partition coefficient (Wildman–Crippen LogP) is 4.62. The molecule has 0 saturated carbocycles. The zero-order valence-corrected chi connectivity index (χ0v) is 17.6. The maximum Gasteiger partial charge on any atom is 0.303 e. The van der Waals surface area contributed by atoms with Gasteiger partial charge in [-0.3, -0.25) is 14.4 Å². The minimum atomic E-state index is -1.01. The van der Waals surface area contributed by atoms with E-state index in [4.69, 9.17) is 5.11 Å². The third kappa shape index (κ3) is 7.27. The number of hydrogen-bond acceptors (Lipinski definition) is 4. The van der Waals surface area contributed by atoms with Crippen molar-refractivity contribution in [3.05, 3.63) is 53.6 Å². The molecule has 154 valence electrons. The van der Waals surface area contributed by atoms with Crippen LogP contribution in [0.25, 0.3) is 0 Å².